The summed E-state index contributed by atoms with van der Waals surface area (Å²) in [6, 6.07) is 0. The first-order valence-electron chi connectivity index (χ1n) is 32.2. The molecule has 1 unspecified atom stereocenters. The smallest absolute Gasteiger partial charge is 0.306 e. The molecule has 0 bridgehead atoms. The molecule has 76 heavy (non-hydrogen) atoms. The normalized spacial score (nSPS) is 12.7. The highest BCUT2D eigenvalue weighted by Gasteiger charge is 2.19. The molecule has 0 amide bonds. The van der Waals surface area contributed by atoms with Gasteiger partial charge in [0.1, 0.15) is 13.2 Å². The Balaban J connectivity index is 4.14. The second-order valence-corrected chi connectivity index (χ2v) is 21.3. The topological polar surface area (TPSA) is 78.9 Å². The molecule has 436 valence electrons. The minimum absolute atomic E-state index is 0.0895. The second kappa shape index (κ2) is 63.9. The largest absolute Gasteiger partial charge is 0.462 e. The Bertz CT molecular complexity index is 1490. The maximum Gasteiger partial charge on any atom is 0.306 e. The van der Waals surface area contributed by atoms with Gasteiger partial charge >= 0.3 is 17.9 Å². The molecule has 0 heterocycles. The average Bonchev–Trinajstić information content (AvgIpc) is 3.42. The van der Waals surface area contributed by atoms with Crippen molar-refractivity contribution in [2.24, 2.45) is 0 Å². The first-order valence-corrected chi connectivity index (χ1v) is 32.2. The monoisotopic (exact) mass is 1060 g/mol. The van der Waals surface area contributed by atoms with Crippen molar-refractivity contribution in [2.45, 2.75) is 316 Å². The molecule has 0 radical (unpaired) electrons. The zero-order valence-corrected chi connectivity index (χ0v) is 50.0. The molecule has 0 aromatic heterocycles. The van der Waals surface area contributed by atoms with Gasteiger partial charge in [-0.25, -0.2) is 0 Å². The minimum Gasteiger partial charge on any atom is -0.462 e. The van der Waals surface area contributed by atoms with Gasteiger partial charge in [0.15, 0.2) is 6.10 Å². The van der Waals surface area contributed by atoms with Gasteiger partial charge in [-0.15, -0.1) is 0 Å². The molecule has 0 saturated heterocycles. The Kier molecular flexibility index (Phi) is 60.8. The molecule has 0 N–H and O–H groups in total. The Morgan fingerprint density at radius 1 is 0.276 bits per heavy atom. The van der Waals surface area contributed by atoms with Crippen LogP contribution in [0.2, 0.25) is 0 Å². The predicted molar refractivity (Wildman–Crippen MR) is 330 cm³/mol. The number of unbranched alkanes of at least 4 members (excludes halogenated alkanes) is 31. The summed E-state index contributed by atoms with van der Waals surface area (Å²) in [5, 5.41) is 0. The van der Waals surface area contributed by atoms with Crippen LogP contribution in [-0.2, 0) is 28.6 Å². The molecule has 0 saturated carbocycles. The second-order valence-electron chi connectivity index (χ2n) is 21.3. The summed E-state index contributed by atoms with van der Waals surface area (Å²) < 4.78 is 16.8. The van der Waals surface area contributed by atoms with Gasteiger partial charge in [-0.1, -0.05) is 285 Å². The van der Waals surface area contributed by atoms with Crippen molar-refractivity contribution >= 4 is 17.9 Å². The van der Waals surface area contributed by atoms with Crippen LogP contribution in [0.25, 0.3) is 0 Å². The number of rotatable bonds is 58. The third-order valence-corrected chi connectivity index (χ3v) is 13.8. The lowest BCUT2D eigenvalue weighted by atomic mass is 10.0. The maximum absolute atomic E-state index is 12.8. The van der Waals surface area contributed by atoms with Crippen molar-refractivity contribution in [3.8, 4) is 0 Å². The van der Waals surface area contributed by atoms with Gasteiger partial charge < -0.3 is 14.2 Å². The molecule has 1 atom stereocenters. The number of carbonyl (C=O) groups excluding carboxylic acids is 3. The van der Waals surface area contributed by atoms with E-state index >= 15 is 0 Å². The third kappa shape index (κ3) is 61.2. The van der Waals surface area contributed by atoms with Gasteiger partial charge in [-0.2, -0.15) is 0 Å². The number of esters is 3. The highest BCUT2D eigenvalue weighted by molar-refractivity contribution is 5.71. The first-order chi connectivity index (χ1) is 37.5. The summed E-state index contributed by atoms with van der Waals surface area (Å²) >= 11 is 0. The fraction of sp³-hybridized carbons (Fsp3) is 0.729. The van der Waals surface area contributed by atoms with Crippen LogP contribution in [0.15, 0.2) is 97.2 Å². The van der Waals surface area contributed by atoms with Crippen molar-refractivity contribution in [2.75, 3.05) is 13.2 Å². The molecule has 0 aromatic carbocycles. The first kappa shape index (κ1) is 72.3. The number of carbonyl (C=O) groups is 3. The highest BCUT2D eigenvalue weighted by Crippen LogP contribution is 2.16. The van der Waals surface area contributed by atoms with E-state index in [0.717, 1.165) is 109 Å². The third-order valence-electron chi connectivity index (χ3n) is 13.8. The quantitative estimate of drug-likeness (QED) is 0.0261. The number of allylic oxidation sites excluding steroid dienone is 16. The van der Waals surface area contributed by atoms with Crippen molar-refractivity contribution in [3.63, 3.8) is 0 Å². The number of ether oxygens (including phenoxy) is 3. The van der Waals surface area contributed by atoms with Gasteiger partial charge in [0.25, 0.3) is 0 Å². The molecule has 0 fully saturated rings. The van der Waals surface area contributed by atoms with Crippen LogP contribution < -0.4 is 0 Å². The molecule has 0 aliphatic carbocycles. The Morgan fingerprint density at radius 2 is 0.513 bits per heavy atom. The summed E-state index contributed by atoms with van der Waals surface area (Å²) in [5.41, 5.74) is 0. The molecule has 6 nitrogen and oxygen atoms in total. The molecule has 6 heteroatoms. The SMILES string of the molecule is CC/C=C\C/C=C\C/C=C\C/C=C\C/C=C\C/C=C\C/C=C\CCCCCC(=O)OC(COC(=O)CCCCCCCC)COC(=O)CCCCCCCCCCCCCCCCC/C=C\CCCCCCCCCC. The van der Waals surface area contributed by atoms with E-state index in [4.69, 9.17) is 14.2 Å². The van der Waals surface area contributed by atoms with E-state index in [9.17, 15) is 14.4 Å². The van der Waals surface area contributed by atoms with Crippen LogP contribution in [0.1, 0.15) is 310 Å². The molecular formula is C70H120O6. The van der Waals surface area contributed by atoms with Gasteiger partial charge in [0.2, 0.25) is 0 Å². The van der Waals surface area contributed by atoms with Gasteiger partial charge in [0.05, 0.1) is 0 Å². The molecular weight excluding hydrogens is 937 g/mol. The fourth-order valence-corrected chi connectivity index (χ4v) is 9.01. The van der Waals surface area contributed by atoms with Crippen molar-refractivity contribution < 1.29 is 28.6 Å². The lowest BCUT2D eigenvalue weighted by Gasteiger charge is -2.18. The van der Waals surface area contributed by atoms with E-state index in [1.54, 1.807) is 0 Å². The van der Waals surface area contributed by atoms with E-state index in [0.29, 0.717) is 12.8 Å². The van der Waals surface area contributed by atoms with Gasteiger partial charge in [0, 0.05) is 19.3 Å². The van der Waals surface area contributed by atoms with Gasteiger partial charge in [-0.05, 0) is 103 Å². The molecule has 0 spiro atoms. The molecule has 0 rings (SSSR count). The Hall–Kier alpha value is -3.67. The fourth-order valence-electron chi connectivity index (χ4n) is 9.01. The zero-order valence-electron chi connectivity index (χ0n) is 50.0. The molecule has 0 aliphatic rings. The van der Waals surface area contributed by atoms with Crippen molar-refractivity contribution in [1.29, 1.82) is 0 Å². The summed E-state index contributed by atoms with van der Waals surface area (Å²) in [7, 11) is 0. The van der Waals surface area contributed by atoms with Crippen LogP contribution in [0.4, 0.5) is 0 Å². The highest BCUT2D eigenvalue weighted by atomic mass is 16.6. The van der Waals surface area contributed by atoms with E-state index in [-0.39, 0.29) is 37.5 Å². The van der Waals surface area contributed by atoms with E-state index in [1.165, 1.54) is 161 Å². The van der Waals surface area contributed by atoms with Crippen LogP contribution in [0, 0.1) is 0 Å². The van der Waals surface area contributed by atoms with Crippen LogP contribution in [0.5, 0.6) is 0 Å². The number of hydrogen-bond acceptors (Lipinski definition) is 6. The summed E-state index contributed by atoms with van der Waals surface area (Å²) in [6.45, 7) is 6.46. The minimum atomic E-state index is -0.793. The summed E-state index contributed by atoms with van der Waals surface area (Å²) in [5.74, 6) is -0.925. The molecule has 0 aromatic rings. The van der Waals surface area contributed by atoms with Crippen LogP contribution in [-0.4, -0.2) is 37.2 Å². The Morgan fingerprint density at radius 3 is 0.829 bits per heavy atom. The van der Waals surface area contributed by atoms with Crippen LogP contribution >= 0.6 is 0 Å². The average molecular weight is 1060 g/mol. The van der Waals surface area contributed by atoms with Crippen LogP contribution in [0.3, 0.4) is 0 Å². The lowest BCUT2D eigenvalue weighted by Crippen LogP contribution is -2.30. The maximum atomic E-state index is 12.8. The van der Waals surface area contributed by atoms with E-state index in [2.05, 4.69) is 118 Å². The zero-order chi connectivity index (χ0) is 55.0. The predicted octanol–water partition coefficient (Wildman–Crippen LogP) is 22.0. The van der Waals surface area contributed by atoms with E-state index in [1.807, 2.05) is 0 Å². The van der Waals surface area contributed by atoms with Gasteiger partial charge in [-0.3, -0.25) is 14.4 Å². The lowest BCUT2D eigenvalue weighted by molar-refractivity contribution is -0.167. The number of hydrogen-bond donors (Lipinski definition) is 0. The Labute approximate surface area is 470 Å². The van der Waals surface area contributed by atoms with E-state index < -0.39 is 6.10 Å². The van der Waals surface area contributed by atoms with Crippen molar-refractivity contribution in [1.82, 2.24) is 0 Å². The summed E-state index contributed by atoms with van der Waals surface area (Å²) in [4.78, 5) is 38.0. The molecule has 0 aliphatic heterocycles. The van der Waals surface area contributed by atoms with Crippen molar-refractivity contribution in [3.05, 3.63) is 97.2 Å². The standard InChI is InChI=1S/C70H120O6/c1-4-7-10-13-16-18-20-22-24-26-28-30-32-34-35-37-38-40-42-44-46-48-50-52-54-57-60-63-69(72)75-66-67(65-74-68(71)62-59-56-15-12-9-6-3)76-70(73)64-61-58-55-53-51-49-47-45-43-41-39-36-33-31-29-27-25-23-21-19-17-14-11-8-5-2/h8,11,17,19,23,25-26,28-29,31,36,39,43,45,49,51,67H,4-7,9-10,12-16,18,20-22,24,27,30,32-35,37-38,40-42,44,46-48,50,52-66H2,1-3H3/b11-8-,19-17-,25-23-,28-26-,31-29-,39-36-,45-43-,51-49-. The summed E-state index contributed by atoms with van der Waals surface area (Å²) in [6.07, 6.45) is 86.0.